The highest BCUT2D eigenvalue weighted by Gasteiger charge is 2.57. The molecule has 4 fully saturated rings. The van der Waals surface area contributed by atoms with Gasteiger partial charge in [0.25, 0.3) is 0 Å². The van der Waals surface area contributed by atoms with Crippen LogP contribution in [0.5, 0.6) is 0 Å². The van der Waals surface area contributed by atoms with Crippen LogP contribution in [-0.4, -0.2) is 46.8 Å². The molecule has 31 heavy (non-hydrogen) atoms. The lowest BCUT2D eigenvalue weighted by Crippen LogP contribution is -2.46. The highest BCUT2D eigenvalue weighted by Crippen LogP contribution is 2.58. The molecule has 0 spiro atoms. The van der Waals surface area contributed by atoms with Crippen LogP contribution in [0, 0.1) is 29.6 Å². The van der Waals surface area contributed by atoms with Crippen molar-refractivity contribution >= 4 is 11.8 Å². The molecule has 4 rings (SSSR count). The molecular weight excluding hydrogens is 414 g/mol. The van der Waals surface area contributed by atoms with Crippen LogP contribution in [0.1, 0.15) is 90.9 Å². The van der Waals surface area contributed by atoms with Gasteiger partial charge < -0.3 is 9.84 Å². The van der Waals surface area contributed by atoms with Crippen molar-refractivity contribution in [3.63, 3.8) is 0 Å². The maximum atomic E-state index is 15.8. The minimum atomic E-state index is -1.02. The van der Waals surface area contributed by atoms with Crippen molar-refractivity contribution < 1.29 is 18.6 Å². The zero-order valence-corrected chi connectivity index (χ0v) is 20.3. The Labute approximate surface area is 192 Å². The molecule has 0 aromatic heterocycles. The first-order valence-corrected chi connectivity index (χ1v) is 14.1. The van der Waals surface area contributed by atoms with Crippen molar-refractivity contribution in [2.75, 3.05) is 6.61 Å². The summed E-state index contributed by atoms with van der Waals surface area (Å²) in [5.74, 6) is 2.21. The van der Waals surface area contributed by atoms with Crippen molar-refractivity contribution in [3.05, 3.63) is 5.92 Å². The predicted molar refractivity (Wildman–Crippen MR) is 125 cm³/mol. The molecule has 0 aromatic rings. The monoisotopic (exact) mass is 457 g/mol. The van der Waals surface area contributed by atoms with Gasteiger partial charge in [-0.2, -0.15) is 0 Å². The van der Waals surface area contributed by atoms with Crippen LogP contribution in [-0.2, 0) is 4.74 Å². The van der Waals surface area contributed by atoms with E-state index in [9.17, 15) is 5.11 Å². The lowest BCUT2D eigenvalue weighted by atomic mass is 9.66. The SMILES string of the molecule is CCCCCOC1CCC2C3CCC(C(O)[C]4CCC(CC)CC4)C(F)C3SC2C1F. The van der Waals surface area contributed by atoms with Gasteiger partial charge in [0, 0.05) is 28.9 Å². The highest BCUT2D eigenvalue weighted by atomic mass is 32.2. The molecule has 3 saturated carbocycles. The van der Waals surface area contributed by atoms with E-state index in [1.54, 1.807) is 11.8 Å². The molecule has 9 atom stereocenters. The van der Waals surface area contributed by atoms with E-state index in [4.69, 9.17) is 4.74 Å². The number of hydrogen-bond donors (Lipinski definition) is 1. The van der Waals surface area contributed by atoms with Gasteiger partial charge in [-0.1, -0.05) is 33.1 Å². The minimum absolute atomic E-state index is 0.123. The highest BCUT2D eigenvalue weighted by molar-refractivity contribution is 8.00. The third-order valence-electron chi connectivity index (χ3n) is 8.95. The number of halogens is 2. The Kier molecular flexibility index (Phi) is 8.64. The number of ether oxygens (including phenoxy) is 1. The third-order valence-corrected chi connectivity index (χ3v) is 10.8. The van der Waals surface area contributed by atoms with Crippen LogP contribution >= 0.6 is 11.8 Å². The van der Waals surface area contributed by atoms with Gasteiger partial charge in [0.15, 0.2) is 0 Å². The van der Waals surface area contributed by atoms with E-state index in [-0.39, 0.29) is 34.4 Å². The molecule has 4 aliphatic rings. The Bertz CT molecular complexity index is 556. The topological polar surface area (TPSA) is 29.5 Å². The fraction of sp³-hybridized carbons (Fsp3) is 0.962. The van der Waals surface area contributed by atoms with E-state index in [0.29, 0.717) is 6.61 Å². The summed E-state index contributed by atoms with van der Waals surface area (Å²) < 4.78 is 37.0. The average molecular weight is 458 g/mol. The molecular formula is C26H43F2O2S. The summed E-state index contributed by atoms with van der Waals surface area (Å²) in [6.45, 7) is 5.04. The van der Waals surface area contributed by atoms with Crippen LogP contribution in [0.2, 0.25) is 0 Å². The molecule has 1 N–H and O–H groups in total. The van der Waals surface area contributed by atoms with Gasteiger partial charge in [-0.25, -0.2) is 8.78 Å². The number of rotatable bonds is 8. The van der Waals surface area contributed by atoms with Crippen molar-refractivity contribution in [2.24, 2.45) is 23.7 Å². The van der Waals surface area contributed by atoms with Crippen LogP contribution in [0.4, 0.5) is 8.78 Å². The maximum Gasteiger partial charge on any atom is 0.138 e. The summed E-state index contributed by atoms with van der Waals surface area (Å²) in [5, 5.41) is 10.8. The number of hydrogen-bond acceptors (Lipinski definition) is 3. The van der Waals surface area contributed by atoms with E-state index in [1.165, 1.54) is 12.3 Å². The molecule has 3 aliphatic carbocycles. The number of fused-ring (bicyclic) bond motifs is 3. The van der Waals surface area contributed by atoms with Gasteiger partial charge in [0.1, 0.15) is 12.3 Å². The van der Waals surface area contributed by atoms with E-state index >= 15 is 8.78 Å². The van der Waals surface area contributed by atoms with Crippen molar-refractivity contribution in [1.29, 1.82) is 0 Å². The molecule has 9 unspecified atom stereocenters. The largest absolute Gasteiger partial charge is 0.392 e. The van der Waals surface area contributed by atoms with Gasteiger partial charge in [0.2, 0.25) is 0 Å². The fourth-order valence-electron chi connectivity index (χ4n) is 6.91. The number of unbranched alkanes of at least 4 members (excludes halogenated alkanes) is 2. The Morgan fingerprint density at radius 1 is 0.935 bits per heavy atom. The standard InChI is InChI=1S/C26H43F2O2S/c1-3-5-6-15-30-21-14-13-19-18-11-12-20(22(27)25(18)31-26(19)23(21)28)24(29)17-9-7-16(4-2)8-10-17/h16,18-26,29H,3-15H2,1-2H3. The molecule has 1 aliphatic heterocycles. The first-order chi connectivity index (χ1) is 15.0. The first-order valence-electron chi connectivity index (χ1n) is 13.1. The summed E-state index contributed by atoms with van der Waals surface area (Å²) in [7, 11) is 0. The molecule has 0 amide bonds. The molecule has 0 bridgehead atoms. The Hall–Kier alpha value is 0.130. The molecule has 0 aromatic carbocycles. The second-order valence-electron chi connectivity index (χ2n) is 10.7. The minimum Gasteiger partial charge on any atom is -0.392 e. The lowest BCUT2D eigenvalue weighted by molar-refractivity contribution is -0.0436. The zero-order valence-electron chi connectivity index (χ0n) is 19.5. The quantitative estimate of drug-likeness (QED) is 0.412. The summed E-state index contributed by atoms with van der Waals surface area (Å²) in [6.07, 6.45) is 9.18. The summed E-state index contributed by atoms with van der Waals surface area (Å²) >= 11 is 1.56. The molecule has 1 heterocycles. The van der Waals surface area contributed by atoms with Gasteiger partial charge >= 0.3 is 0 Å². The summed E-state index contributed by atoms with van der Waals surface area (Å²) in [5.41, 5.74) is 0. The Morgan fingerprint density at radius 2 is 1.61 bits per heavy atom. The van der Waals surface area contributed by atoms with Gasteiger partial charge in [-0.3, -0.25) is 0 Å². The third kappa shape index (κ3) is 5.14. The summed E-state index contributed by atoms with van der Waals surface area (Å²) in [6, 6.07) is 0. The smallest absolute Gasteiger partial charge is 0.138 e. The summed E-state index contributed by atoms with van der Waals surface area (Å²) in [4.78, 5) is 0. The van der Waals surface area contributed by atoms with Crippen molar-refractivity contribution in [1.82, 2.24) is 0 Å². The molecule has 2 nitrogen and oxygen atoms in total. The fourth-order valence-corrected chi connectivity index (χ4v) is 9.03. The van der Waals surface area contributed by atoms with Crippen LogP contribution in [0.15, 0.2) is 0 Å². The first kappa shape index (κ1) is 24.3. The molecule has 179 valence electrons. The van der Waals surface area contributed by atoms with E-state index in [0.717, 1.165) is 76.5 Å². The Balaban J connectivity index is 1.33. The number of aliphatic hydroxyl groups excluding tert-OH is 1. The van der Waals surface area contributed by atoms with E-state index in [1.807, 2.05) is 0 Å². The normalized spacial score (nSPS) is 42.9. The van der Waals surface area contributed by atoms with Gasteiger partial charge in [0.05, 0.1) is 12.2 Å². The molecule has 1 saturated heterocycles. The number of alkyl halides is 2. The van der Waals surface area contributed by atoms with E-state index in [2.05, 4.69) is 13.8 Å². The Morgan fingerprint density at radius 3 is 2.29 bits per heavy atom. The average Bonchev–Trinajstić information content (AvgIpc) is 3.18. The van der Waals surface area contributed by atoms with Crippen LogP contribution in [0.25, 0.3) is 0 Å². The zero-order chi connectivity index (χ0) is 22.0. The van der Waals surface area contributed by atoms with E-state index < -0.39 is 18.4 Å². The van der Waals surface area contributed by atoms with Crippen molar-refractivity contribution in [2.45, 2.75) is 126 Å². The maximum absolute atomic E-state index is 15.8. The number of aliphatic hydroxyl groups is 1. The van der Waals surface area contributed by atoms with Crippen molar-refractivity contribution in [3.8, 4) is 0 Å². The molecule has 1 radical (unpaired) electrons. The van der Waals surface area contributed by atoms with Crippen LogP contribution < -0.4 is 0 Å². The lowest BCUT2D eigenvalue weighted by Gasteiger charge is -2.42. The predicted octanol–water partition coefficient (Wildman–Crippen LogP) is 6.69. The van der Waals surface area contributed by atoms with Crippen LogP contribution in [0.3, 0.4) is 0 Å². The number of thioether (sulfide) groups is 1. The van der Waals surface area contributed by atoms with Gasteiger partial charge in [-0.05, 0) is 75.5 Å². The second kappa shape index (κ2) is 11.0. The van der Waals surface area contributed by atoms with Gasteiger partial charge in [-0.15, -0.1) is 11.8 Å². The second-order valence-corrected chi connectivity index (χ2v) is 12.0. The molecule has 5 heteroatoms.